The van der Waals surface area contributed by atoms with Gasteiger partial charge in [-0.05, 0) is 40.5 Å². The number of nitrogens with zero attached hydrogens (tertiary/aromatic N) is 1. The van der Waals surface area contributed by atoms with E-state index < -0.39 is 6.10 Å². The molecule has 1 fully saturated rings. The Labute approximate surface area is 184 Å². The van der Waals surface area contributed by atoms with Crippen molar-refractivity contribution in [2.24, 2.45) is 0 Å². The molecule has 5 nitrogen and oxygen atoms in total. The molecule has 0 spiro atoms. The van der Waals surface area contributed by atoms with E-state index in [1.54, 1.807) is 0 Å². The SMILES string of the molecule is CC[C@@H](Oc1ccc2ccccc2c1)C(=O)NCc1cccc(CN2CCOCC2)c1. The molecule has 0 aliphatic carbocycles. The van der Waals surface area contributed by atoms with Crippen molar-refractivity contribution in [1.29, 1.82) is 0 Å². The largest absolute Gasteiger partial charge is 0.481 e. The van der Waals surface area contributed by atoms with Gasteiger partial charge in [-0.3, -0.25) is 9.69 Å². The molecule has 162 valence electrons. The Morgan fingerprint density at radius 3 is 2.58 bits per heavy atom. The van der Waals surface area contributed by atoms with Crippen molar-refractivity contribution in [3.63, 3.8) is 0 Å². The summed E-state index contributed by atoms with van der Waals surface area (Å²) in [5.41, 5.74) is 2.35. The van der Waals surface area contributed by atoms with Gasteiger partial charge in [-0.15, -0.1) is 0 Å². The molecule has 0 saturated carbocycles. The minimum atomic E-state index is -0.516. The molecule has 31 heavy (non-hydrogen) atoms. The molecule has 0 radical (unpaired) electrons. The Balaban J connectivity index is 1.33. The number of rotatable bonds is 8. The van der Waals surface area contributed by atoms with E-state index in [2.05, 4.69) is 34.5 Å². The van der Waals surface area contributed by atoms with Gasteiger partial charge in [0.15, 0.2) is 6.10 Å². The van der Waals surface area contributed by atoms with Crippen LogP contribution >= 0.6 is 0 Å². The van der Waals surface area contributed by atoms with Crippen molar-refractivity contribution >= 4 is 16.7 Å². The Morgan fingerprint density at radius 2 is 1.77 bits per heavy atom. The molecule has 3 aromatic carbocycles. The minimum absolute atomic E-state index is 0.0887. The van der Waals surface area contributed by atoms with E-state index in [0.717, 1.165) is 49.2 Å². The highest BCUT2D eigenvalue weighted by Crippen LogP contribution is 2.22. The number of fused-ring (bicyclic) bond motifs is 1. The van der Waals surface area contributed by atoms with E-state index in [4.69, 9.17) is 9.47 Å². The number of hydrogen-bond acceptors (Lipinski definition) is 4. The molecule has 4 rings (SSSR count). The molecular weight excluding hydrogens is 388 g/mol. The lowest BCUT2D eigenvalue weighted by Gasteiger charge is -2.26. The molecule has 0 unspecified atom stereocenters. The maximum Gasteiger partial charge on any atom is 0.261 e. The summed E-state index contributed by atoms with van der Waals surface area (Å²) in [6, 6.07) is 22.5. The summed E-state index contributed by atoms with van der Waals surface area (Å²) in [5, 5.41) is 5.30. The van der Waals surface area contributed by atoms with Crippen LogP contribution in [-0.2, 0) is 22.6 Å². The molecule has 5 heteroatoms. The molecule has 1 amide bonds. The molecule has 1 heterocycles. The summed E-state index contributed by atoms with van der Waals surface area (Å²) in [4.78, 5) is 15.2. The molecule has 1 atom stereocenters. The zero-order chi connectivity index (χ0) is 21.5. The summed E-state index contributed by atoms with van der Waals surface area (Å²) in [6.45, 7) is 6.89. The molecule has 1 saturated heterocycles. The van der Waals surface area contributed by atoms with Crippen LogP contribution in [0.25, 0.3) is 10.8 Å². The second-order valence-corrected chi connectivity index (χ2v) is 7.95. The number of ether oxygens (including phenoxy) is 2. The Kier molecular flexibility index (Phi) is 7.18. The third-order valence-electron chi connectivity index (χ3n) is 5.63. The van der Waals surface area contributed by atoms with Gasteiger partial charge in [0.05, 0.1) is 13.2 Å². The van der Waals surface area contributed by atoms with Gasteiger partial charge in [-0.2, -0.15) is 0 Å². The smallest absolute Gasteiger partial charge is 0.261 e. The molecule has 1 aliphatic rings. The Bertz CT molecular complexity index is 1010. The summed E-state index contributed by atoms with van der Waals surface area (Å²) in [5.74, 6) is 0.627. The fourth-order valence-corrected chi connectivity index (χ4v) is 3.89. The van der Waals surface area contributed by atoms with E-state index in [1.807, 2.05) is 49.4 Å². The number of carbonyl (C=O) groups is 1. The summed E-state index contributed by atoms with van der Waals surface area (Å²) < 4.78 is 11.4. The zero-order valence-electron chi connectivity index (χ0n) is 18.0. The first kappa shape index (κ1) is 21.3. The second kappa shape index (κ2) is 10.4. The van der Waals surface area contributed by atoms with Crippen molar-refractivity contribution in [3.8, 4) is 5.75 Å². The van der Waals surface area contributed by atoms with Crippen molar-refractivity contribution < 1.29 is 14.3 Å². The average molecular weight is 419 g/mol. The lowest BCUT2D eigenvalue weighted by molar-refractivity contribution is -0.128. The highest BCUT2D eigenvalue weighted by Gasteiger charge is 2.18. The van der Waals surface area contributed by atoms with Crippen LogP contribution in [-0.4, -0.2) is 43.2 Å². The molecule has 1 N–H and O–H groups in total. The first-order chi connectivity index (χ1) is 15.2. The highest BCUT2D eigenvalue weighted by atomic mass is 16.5. The molecule has 3 aromatic rings. The second-order valence-electron chi connectivity index (χ2n) is 7.95. The fraction of sp³-hybridized carbons (Fsp3) is 0.346. The van der Waals surface area contributed by atoms with Crippen LogP contribution in [0.5, 0.6) is 5.75 Å². The molecule has 0 aromatic heterocycles. The van der Waals surface area contributed by atoms with E-state index in [0.29, 0.717) is 18.7 Å². The quantitative estimate of drug-likeness (QED) is 0.597. The third-order valence-corrected chi connectivity index (χ3v) is 5.63. The van der Waals surface area contributed by atoms with Crippen LogP contribution in [0.2, 0.25) is 0 Å². The van der Waals surface area contributed by atoms with E-state index in [-0.39, 0.29) is 5.91 Å². The van der Waals surface area contributed by atoms with E-state index in [9.17, 15) is 4.79 Å². The summed E-state index contributed by atoms with van der Waals surface area (Å²) in [6.07, 6.45) is 0.0909. The molecule has 1 aliphatic heterocycles. The van der Waals surface area contributed by atoms with Crippen LogP contribution in [0.15, 0.2) is 66.7 Å². The Morgan fingerprint density at radius 1 is 1.00 bits per heavy atom. The summed E-state index contributed by atoms with van der Waals surface area (Å²) >= 11 is 0. The topological polar surface area (TPSA) is 50.8 Å². The first-order valence-electron chi connectivity index (χ1n) is 11.0. The van der Waals surface area contributed by atoms with Gasteiger partial charge in [0.25, 0.3) is 5.91 Å². The highest BCUT2D eigenvalue weighted by molar-refractivity contribution is 5.84. The van der Waals surface area contributed by atoms with Gasteiger partial charge in [-0.25, -0.2) is 0 Å². The predicted molar refractivity (Wildman–Crippen MR) is 123 cm³/mol. The van der Waals surface area contributed by atoms with Gasteiger partial charge < -0.3 is 14.8 Å². The van der Waals surface area contributed by atoms with Crippen LogP contribution in [0.3, 0.4) is 0 Å². The standard InChI is InChI=1S/C26H30N2O3/c1-2-25(31-24-11-10-22-8-3-4-9-23(22)17-24)26(29)27-18-20-6-5-7-21(16-20)19-28-12-14-30-15-13-28/h3-11,16-17,25H,2,12-15,18-19H2,1H3,(H,27,29)/t25-/m1/s1. The number of benzene rings is 3. The van der Waals surface area contributed by atoms with Crippen LogP contribution in [0.4, 0.5) is 0 Å². The third kappa shape index (κ3) is 5.84. The van der Waals surface area contributed by atoms with E-state index >= 15 is 0 Å². The van der Waals surface area contributed by atoms with Crippen LogP contribution in [0.1, 0.15) is 24.5 Å². The maximum absolute atomic E-state index is 12.8. The normalized spacial score (nSPS) is 15.5. The Hall–Kier alpha value is -2.89. The number of hydrogen-bond donors (Lipinski definition) is 1. The van der Waals surface area contributed by atoms with Gasteiger partial charge in [-0.1, -0.05) is 61.5 Å². The molecular formula is C26H30N2O3. The first-order valence-corrected chi connectivity index (χ1v) is 11.0. The number of carbonyl (C=O) groups excluding carboxylic acids is 1. The number of morpholine rings is 1. The van der Waals surface area contributed by atoms with Gasteiger partial charge in [0.2, 0.25) is 0 Å². The fourth-order valence-electron chi connectivity index (χ4n) is 3.89. The van der Waals surface area contributed by atoms with Crippen molar-refractivity contribution in [2.45, 2.75) is 32.5 Å². The lowest BCUT2D eigenvalue weighted by atomic mass is 10.1. The van der Waals surface area contributed by atoms with E-state index in [1.165, 1.54) is 5.56 Å². The van der Waals surface area contributed by atoms with Gasteiger partial charge in [0.1, 0.15) is 5.75 Å². The van der Waals surface area contributed by atoms with Crippen LogP contribution in [0, 0.1) is 0 Å². The average Bonchev–Trinajstić information content (AvgIpc) is 2.82. The van der Waals surface area contributed by atoms with Crippen LogP contribution < -0.4 is 10.1 Å². The van der Waals surface area contributed by atoms with Crippen molar-refractivity contribution in [3.05, 3.63) is 77.9 Å². The van der Waals surface area contributed by atoms with Crippen molar-refractivity contribution in [2.75, 3.05) is 26.3 Å². The molecule has 0 bridgehead atoms. The van der Waals surface area contributed by atoms with Gasteiger partial charge >= 0.3 is 0 Å². The zero-order valence-corrected chi connectivity index (χ0v) is 18.0. The predicted octanol–water partition coefficient (Wildman–Crippen LogP) is 4.15. The monoisotopic (exact) mass is 418 g/mol. The van der Waals surface area contributed by atoms with Gasteiger partial charge in [0, 0.05) is 26.2 Å². The number of nitrogens with one attached hydrogen (secondary N) is 1. The summed E-state index contributed by atoms with van der Waals surface area (Å²) in [7, 11) is 0. The lowest BCUT2D eigenvalue weighted by Crippen LogP contribution is -2.37. The van der Waals surface area contributed by atoms with Crippen molar-refractivity contribution in [1.82, 2.24) is 10.2 Å². The number of amides is 1. The maximum atomic E-state index is 12.8. The minimum Gasteiger partial charge on any atom is -0.481 e.